The highest BCUT2D eigenvalue weighted by atomic mass is 32.1. The number of piperidine rings is 1. The summed E-state index contributed by atoms with van der Waals surface area (Å²) >= 11 is 1.48. The second-order valence-electron chi connectivity index (χ2n) is 7.44. The van der Waals surface area contributed by atoms with E-state index in [1.165, 1.54) is 16.2 Å². The Balaban J connectivity index is 1.33. The fourth-order valence-electron chi connectivity index (χ4n) is 3.57. The molecular weight excluding hydrogens is 436 g/mol. The standard InChI is InChI=1S/C23H21F2N3O3S/c24-16-5-6-18(19(25)11-16)23(30)28-9-7-15(8-10-28)22(29)27-20-3-1-2-4-21(20)31-12-17-13-32-14-26-17/h1-6,11,13-15H,7-10,12H2,(H,27,29). The van der Waals surface area contributed by atoms with Gasteiger partial charge in [0.2, 0.25) is 5.91 Å². The van der Waals surface area contributed by atoms with Gasteiger partial charge in [0.05, 0.1) is 22.5 Å². The van der Waals surface area contributed by atoms with Crippen molar-refractivity contribution in [1.29, 1.82) is 0 Å². The van der Waals surface area contributed by atoms with Crippen molar-refractivity contribution in [1.82, 2.24) is 9.88 Å². The zero-order chi connectivity index (χ0) is 22.5. The van der Waals surface area contributed by atoms with E-state index in [1.807, 2.05) is 17.5 Å². The van der Waals surface area contributed by atoms with Gasteiger partial charge in [-0.1, -0.05) is 12.1 Å². The first-order chi connectivity index (χ1) is 15.5. The number of para-hydroxylation sites is 2. The lowest BCUT2D eigenvalue weighted by atomic mass is 9.95. The number of aromatic nitrogens is 1. The molecule has 0 unspecified atom stereocenters. The smallest absolute Gasteiger partial charge is 0.256 e. The highest BCUT2D eigenvalue weighted by molar-refractivity contribution is 7.07. The molecule has 2 aromatic carbocycles. The zero-order valence-corrected chi connectivity index (χ0v) is 17.9. The van der Waals surface area contributed by atoms with Gasteiger partial charge in [-0.15, -0.1) is 11.3 Å². The van der Waals surface area contributed by atoms with Crippen LogP contribution in [0.2, 0.25) is 0 Å². The molecule has 1 saturated heterocycles. The summed E-state index contributed by atoms with van der Waals surface area (Å²) in [7, 11) is 0. The summed E-state index contributed by atoms with van der Waals surface area (Å²) in [6, 6.07) is 10.1. The van der Waals surface area contributed by atoms with Crippen LogP contribution in [0.4, 0.5) is 14.5 Å². The van der Waals surface area contributed by atoms with Gasteiger partial charge in [0, 0.05) is 30.5 Å². The molecule has 0 radical (unpaired) electrons. The minimum absolute atomic E-state index is 0.158. The molecule has 166 valence electrons. The van der Waals surface area contributed by atoms with Gasteiger partial charge < -0.3 is 15.0 Å². The lowest BCUT2D eigenvalue weighted by Crippen LogP contribution is -2.41. The molecule has 32 heavy (non-hydrogen) atoms. The Morgan fingerprint density at radius 1 is 1.16 bits per heavy atom. The molecule has 3 aromatic rings. The molecule has 6 nitrogen and oxygen atoms in total. The van der Waals surface area contributed by atoms with Crippen molar-refractivity contribution >= 4 is 28.8 Å². The van der Waals surface area contributed by atoms with Crippen molar-refractivity contribution in [2.45, 2.75) is 19.4 Å². The van der Waals surface area contributed by atoms with Crippen LogP contribution in [0.3, 0.4) is 0 Å². The van der Waals surface area contributed by atoms with Crippen LogP contribution >= 0.6 is 11.3 Å². The lowest BCUT2D eigenvalue weighted by Gasteiger charge is -2.31. The summed E-state index contributed by atoms with van der Waals surface area (Å²) < 4.78 is 32.8. The van der Waals surface area contributed by atoms with Gasteiger partial charge in [-0.05, 0) is 37.1 Å². The van der Waals surface area contributed by atoms with Crippen molar-refractivity contribution in [3.8, 4) is 5.75 Å². The van der Waals surface area contributed by atoms with Crippen LogP contribution in [0.5, 0.6) is 5.75 Å². The third kappa shape index (κ3) is 5.11. The van der Waals surface area contributed by atoms with Crippen LogP contribution in [0.15, 0.2) is 53.4 Å². The maximum absolute atomic E-state index is 13.9. The number of likely N-dealkylation sites (tertiary alicyclic amines) is 1. The van der Waals surface area contributed by atoms with Gasteiger partial charge in [-0.25, -0.2) is 13.8 Å². The van der Waals surface area contributed by atoms with Gasteiger partial charge in [-0.3, -0.25) is 9.59 Å². The van der Waals surface area contributed by atoms with Gasteiger partial charge in [0.15, 0.2) is 0 Å². The lowest BCUT2D eigenvalue weighted by molar-refractivity contribution is -0.121. The molecule has 1 aromatic heterocycles. The summed E-state index contributed by atoms with van der Waals surface area (Å²) in [5, 5.41) is 4.81. The Morgan fingerprint density at radius 2 is 1.94 bits per heavy atom. The van der Waals surface area contributed by atoms with E-state index in [1.54, 1.807) is 17.6 Å². The number of amides is 2. The average molecular weight is 458 g/mol. The molecule has 1 aliphatic rings. The first kappa shape index (κ1) is 21.9. The number of thiazole rings is 1. The van der Waals surface area contributed by atoms with E-state index in [0.717, 1.165) is 17.8 Å². The molecule has 2 amide bonds. The van der Waals surface area contributed by atoms with E-state index in [0.29, 0.717) is 50.0 Å². The highest BCUT2D eigenvalue weighted by Crippen LogP contribution is 2.27. The predicted molar refractivity (Wildman–Crippen MR) is 117 cm³/mol. The Hall–Kier alpha value is -3.33. The summed E-state index contributed by atoms with van der Waals surface area (Å²) in [6.07, 6.45) is 0.893. The third-order valence-electron chi connectivity index (χ3n) is 5.32. The summed E-state index contributed by atoms with van der Waals surface area (Å²) in [5.41, 5.74) is 2.94. The second-order valence-corrected chi connectivity index (χ2v) is 8.16. The molecule has 0 bridgehead atoms. The van der Waals surface area contributed by atoms with Crippen LogP contribution in [-0.2, 0) is 11.4 Å². The van der Waals surface area contributed by atoms with E-state index < -0.39 is 17.5 Å². The monoisotopic (exact) mass is 457 g/mol. The fraction of sp³-hybridized carbons (Fsp3) is 0.261. The number of halogens is 2. The van der Waals surface area contributed by atoms with E-state index in [4.69, 9.17) is 4.74 Å². The number of nitrogens with one attached hydrogen (secondary N) is 1. The van der Waals surface area contributed by atoms with Crippen LogP contribution in [0, 0.1) is 17.6 Å². The minimum atomic E-state index is -0.885. The van der Waals surface area contributed by atoms with E-state index in [2.05, 4.69) is 10.3 Å². The molecule has 9 heteroatoms. The number of ether oxygens (including phenoxy) is 1. The fourth-order valence-corrected chi connectivity index (χ4v) is 4.11. The first-order valence-electron chi connectivity index (χ1n) is 10.2. The van der Waals surface area contributed by atoms with Gasteiger partial charge in [0.1, 0.15) is 24.0 Å². The zero-order valence-electron chi connectivity index (χ0n) is 17.1. The summed E-state index contributed by atoms with van der Waals surface area (Å²) in [4.78, 5) is 31.0. The topological polar surface area (TPSA) is 71.5 Å². The molecule has 1 aliphatic heterocycles. The molecule has 0 atom stereocenters. The Labute approximate surface area is 187 Å². The molecular formula is C23H21F2N3O3S. The Morgan fingerprint density at radius 3 is 2.66 bits per heavy atom. The van der Waals surface area contributed by atoms with Crippen molar-refractivity contribution in [2.24, 2.45) is 5.92 Å². The van der Waals surface area contributed by atoms with Crippen molar-refractivity contribution in [2.75, 3.05) is 18.4 Å². The van der Waals surface area contributed by atoms with Crippen LogP contribution < -0.4 is 10.1 Å². The minimum Gasteiger partial charge on any atom is -0.485 e. The van der Waals surface area contributed by atoms with Gasteiger partial charge in [0.25, 0.3) is 5.91 Å². The van der Waals surface area contributed by atoms with E-state index in [-0.39, 0.29) is 17.4 Å². The number of carbonyl (C=O) groups is 2. The van der Waals surface area contributed by atoms with E-state index in [9.17, 15) is 18.4 Å². The number of anilines is 1. The summed E-state index contributed by atoms with van der Waals surface area (Å²) in [6.45, 7) is 0.933. The molecule has 1 N–H and O–H groups in total. The summed E-state index contributed by atoms with van der Waals surface area (Å²) in [5.74, 6) is -2.01. The number of benzene rings is 2. The maximum atomic E-state index is 13.9. The number of carbonyl (C=O) groups excluding carboxylic acids is 2. The van der Waals surface area contributed by atoms with Crippen molar-refractivity contribution in [3.63, 3.8) is 0 Å². The predicted octanol–water partition coefficient (Wildman–Crippen LogP) is 4.49. The molecule has 0 aliphatic carbocycles. The number of rotatable bonds is 6. The van der Waals surface area contributed by atoms with Crippen LogP contribution in [0.25, 0.3) is 0 Å². The van der Waals surface area contributed by atoms with Crippen LogP contribution in [0.1, 0.15) is 28.9 Å². The number of hydrogen-bond acceptors (Lipinski definition) is 5. The maximum Gasteiger partial charge on any atom is 0.256 e. The van der Waals surface area contributed by atoms with Gasteiger partial charge >= 0.3 is 0 Å². The quantitative estimate of drug-likeness (QED) is 0.592. The largest absolute Gasteiger partial charge is 0.485 e. The molecule has 0 spiro atoms. The van der Waals surface area contributed by atoms with Gasteiger partial charge in [-0.2, -0.15) is 0 Å². The first-order valence-corrected chi connectivity index (χ1v) is 11.1. The SMILES string of the molecule is O=C(Nc1ccccc1OCc1cscn1)C1CCN(C(=O)c2ccc(F)cc2F)CC1. The third-order valence-corrected chi connectivity index (χ3v) is 5.95. The number of hydrogen-bond donors (Lipinski definition) is 1. The van der Waals surface area contributed by atoms with E-state index >= 15 is 0 Å². The average Bonchev–Trinajstić information content (AvgIpc) is 3.32. The van der Waals surface area contributed by atoms with Crippen LogP contribution in [-0.4, -0.2) is 34.8 Å². The second kappa shape index (κ2) is 9.86. The Bertz CT molecular complexity index is 1100. The molecule has 1 fully saturated rings. The normalized spacial score (nSPS) is 14.2. The molecule has 4 rings (SSSR count). The molecule has 2 heterocycles. The highest BCUT2D eigenvalue weighted by Gasteiger charge is 2.29. The van der Waals surface area contributed by atoms with Crippen molar-refractivity contribution in [3.05, 3.63) is 76.2 Å². The molecule has 0 saturated carbocycles. The number of nitrogens with zero attached hydrogens (tertiary/aromatic N) is 2. The Kier molecular flexibility index (Phi) is 6.75. The van der Waals surface area contributed by atoms with Crippen molar-refractivity contribution < 1.29 is 23.1 Å².